The van der Waals surface area contributed by atoms with Crippen LogP contribution in [-0.4, -0.2) is 36.3 Å². The van der Waals surface area contributed by atoms with Crippen molar-refractivity contribution in [3.63, 3.8) is 0 Å². The molecule has 0 saturated carbocycles. The highest BCUT2D eigenvalue weighted by Gasteiger charge is 2.29. The molecule has 4 heteroatoms. The molecule has 0 bridgehead atoms. The van der Waals surface area contributed by atoms with Crippen LogP contribution in [0.1, 0.15) is 25.3 Å². The first-order chi connectivity index (χ1) is 9.20. The predicted octanol–water partition coefficient (Wildman–Crippen LogP) is 2.59. The summed E-state index contributed by atoms with van der Waals surface area (Å²) in [6.45, 7) is 6.21. The van der Waals surface area contributed by atoms with Gasteiger partial charge in [-0.25, -0.2) is 4.98 Å². The lowest BCUT2D eigenvalue weighted by Crippen LogP contribution is -2.52. The zero-order valence-electron chi connectivity index (χ0n) is 11.6. The Bertz CT molecular complexity index is 591. The van der Waals surface area contributed by atoms with Gasteiger partial charge in [-0.3, -0.25) is 4.98 Å². The highest BCUT2D eigenvalue weighted by atomic mass is 16.5. The third kappa shape index (κ3) is 2.06. The molecule has 1 aliphatic rings. The molecule has 1 saturated heterocycles. The van der Waals surface area contributed by atoms with E-state index in [0.717, 1.165) is 24.3 Å². The Morgan fingerprint density at radius 2 is 2.05 bits per heavy atom. The van der Waals surface area contributed by atoms with Crippen LogP contribution < -0.4 is 4.90 Å². The Balaban J connectivity index is 2.05. The summed E-state index contributed by atoms with van der Waals surface area (Å²) in [5.74, 6) is 1.50. The summed E-state index contributed by atoms with van der Waals surface area (Å²) in [6, 6.07) is 2.09. The van der Waals surface area contributed by atoms with Crippen LogP contribution in [0.2, 0.25) is 0 Å². The molecule has 0 aliphatic carbocycles. The van der Waals surface area contributed by atoms with Gasteiger partial charge >= 0.3 is 0 Å². The summed E-state index contributed by atoms with van der Waals surface area (Å²) in [7, 11) is 1.76. The van der Waals surface area contributed by atoms with Crippen LogP contribution >= 0.6 is 0 Å². The third-order valence-corrected chi connectivity index (χ3v) is 3.80. The molecule has 1 aliphatic heterocycles. The van der Waals surface area contributed by atoms with Gasteiger partial charge in [0.05, 0.1) is 6.10 Å². The zero-order chi connectivity index (χ0) is 13.4. The number of hydrogen-bond donors (Lipinski definition) is 0. The van der Waals surface area contributed by atoms with Crippen molar-refractivity contribution in [3.05, 3.63) is 30.2 Å². The summed E-state index contributed by atoms with van der Waals surface area (Å²) >= 11 is 0. The number of pyridine rings is 2. The summed E-state index contributed by atoms with van der Waals surface area (Å²) < 4.78 is 5.33. The van der Waals surface area contributed by atoms with Crippen molar-refractivity contribution >= 4 is 16.6 Å². The van der Waals surface area contributed by atoms with Crippen molar-refractivity contribution < 1.29 is 4.74 Å². The molecular formula is C15H19N3O. The predicted molar refractivity (Wildman–Crippen MR) is 76.6 cm³/mol. The molecule has 4 nitrogen and oxygen atoms in total. The molecule has 3 heterocycles. The van der Waals surface area contributed by atoms with Crippen molar-refractivity contribution in [2.45, 2.75) is 25.9 Å². The molecule has 1 fully saturated rings. The Hall–Kier alpha value is -1.68. The maximum Gasteiger partial charge on any atom is 0.138 e. The van der Waals surface area contributed by atoms with Crippen molar-refractivity contribution in [3.8, 4) is 0 Å². The quantitative estimate of drug-likeness (QED) is 0.847. The van der Waals surface area contributed by atoms with Gasteiger partial charge in [0.2, 0.25) is 0 Å². The van der Waals surface area contributed by atoms with Crippen LogP contribution in [-0.2, 0) is 4.74 Å². The van der Waals surface area contributed by atoms with E-state index in [4.69, 9.17) is 4.74 Å². The topological polar surface area (TPSA) is 38.2 Å². The number of nitrogens with zero attached hydrogens (tertiary/aromatic N) is 3. The van der Waals surface area contributed by atoms with Crippen LogP contribution in [0.5, 0.6) is 0 Å². The summed E-state index contributed by atoms with van der Waals surface area (Å²) in [4.78, 5) is 11.2. The molecule has 0 unspecified atom stereocenters. The van der Waals surface area contributed by atoms with Gasteiger partial charge in [0.15, 0.2) is 0 Å². The first-order valence-electron chi connectivity index (χ1n) is 6.71. The lowest BCUT2D eigenvalue weighted by atomic mass is 9.99. The van der Waals surface area contributed by atoms with E-state index in [-0.39, 0.29) is 0 Å². The second-order valence-electron chi connectivity index (χ2n) is 5.38. The molecule has 0 radical (unpaired) electrons. The van der Waals surface area contributed by atoms with E-state index >= 15 is 0 Å². The van der Waals surface area contributed by atoms with Crippen molar-refractivity contribution in [1.82, 2.24) is 9.97 Å². The lowest BCUT2D eigenvalue weighted by Gasteiger charge is -2.39. The van der Waals surface area contributed by atoms with Gasteiger partial charge in [0, 0.05) is 44.2 Å². The largest absolute Gasteiger partial charge is 0.378 e. The van der Waals surface area contributed by atoms with Gasteiger partial charge in [0.1, 0.15) is 5.82 Å². The molecular weight excluding hydrogens is 238 g/mol. The van der Waals surface area contributed by atoms with Crippen LogP contribution in [0.3, 0.4) is 0 Å². The van der Waals surface area contributed by atoms with Gasteiger partial charge in [0.25, 0.3) is 0 Å². The Labute approximate surface area is 113 Å². The minimum absolute atomic E-state index is 0.332. The number of fused-ring (bicyclic) bond motifs is 1. The van der Waals surface area contributed by atoms with Crippen molar-refractivity contribution in [1.29, 1.82) is 0 Å². The van der Waals surface area contributed by atoms with Crippen molar-refractivity contribution in [2.75, 3.05) is 25.1 Å². The molecule has 2 aromatic rings. The average molecular weight is 257 g/mol. The highest BCUT2D eigenvalue weighted by Crippen LogP contribution is 2.32. The van der Waals surface area contributed by atoms with Gasteiger partial charge in [-0.05, 0) is 22.9 Å². The van der Waals surface area contributed by atoms with E-state index in [2.05, 4.69) is 34.8 Å². The van der Waals surface area contributed by atoms with E-state index in [0.29, 0.717) is 12.0 Å². The normalized spacial score (nSPS) is 16.1. The van der Waals surface area contributed by atoms with E-state index in [1.54, 1.807) is 7.11 Å². The molecule has 0 atom stereocenters. The fourth-order valence-corrected chi connectivity index (χ4v) is 2.57. The zero-order valence-corrected chi connectivity index (χ0v) is 11.6. The van der Waals surface area contributed by atoms with Gasteiger partial charge in [-0.2, -0.15) is 0 Å². The first-order valence-corrected chi connectivity index (χ1v) is 6.71. The number of ether oxygens (including phenoxy) is 1. The highest BCUT2D eigenvalue weighted by molar-refractivity contribution is 5.94. The Morgan fingerprint density at radius 1 is 1.26 bits per heavy atom. The number of hydrogen-bond acceptors (Lipinski definition) is 4. The fraction of sp³-hybridized carbons (Fsp3) is 0.467. The Kier molecular flexibility index (Phi) is 3.11. The first kappa shape index (κ1) is 12.4. The van der Waals surface area contributed by atoms with E-state index < -0.39 is 0 Å². The molecule has 0 N–H and O–H groups in total. The standard InChI is InChI=1S/C15H19N3O/c1-10(2)13-7-17-15(18-8-11(9-18)19-3)14-6-16-5-4-12(13)14/h4-7,10-11H,8-9H2,1-3H3. The average Bonchev–Trinajstić information content (AvgIpc) is 2.37. The SMILES string of the molecule is COC1CN(c2ncc(C(C)C)c3ccncc23)C1. The summed E-state index contributed by atoms with van der Waals surface area (Å²) in [5, 5.41) is 2.40. The molecule has 0 spiro atoms. The number of anilines is 1. The number of aromatic nitrogens is 2. The Morgan fingerprint density at radius 3 is 2.74 bits per heavy atom. The molecule has 100 valence electrons. The van der Waals surface area contributed by atoms with E-state index in [1.165, 1.54) is 10.9 Å². The minimum atomic E-state index is 0.332. The molecule has 0 aromatic carbocycles. The van der Waals surface area contributed by atoms with Gasteiger partial charge in [-0.15, -0.1) is 0 Å². The molecule has 0 amide bonds. The monoisotopic (exact) mass is 257 g/mol. The van der Waals surface area contributed by atoms with Gasteiger partial charge in [-0.1, -0.05) is 13.8 Å². The van der Waals surface area contributed by atoms with Gasteiger partial charge < -0.3 is 9.64 Å². The lowest BCUT2D eigenvalue weighted by molar-refractivity contribution is 0.0785. The van der Waals surface area contributed by atoms with Crippen molar-refractivity contribution in [2.24, 2.45) is 0 Å². The van der Waals surface area contributed by atoms with E-state index in [1.807, 2.05) is 18.6 Å². The number of methoxy groups -OCH3 is 1. The van der Waals surface area contributed by atoms with Crippen LogP contribution in [0.25, 0.3) is 10.8 Å². The minimum Gasteiger partial charge on any atom is -0.378 e. The fourth-order valence-electron chi connectivity index (χ4n) is 2.57. The van der Waals surface area contributed by atoms with Crippen LogP contribution in [0.15, 0.2) is 24.7 Å². The van der Waals surface area contributed by atoms with Crippen LogP contribution in [0.4, 0.5) is 5.82 Å². The van der Waals surface area contributed by atoms with E-state index in [9.17, 15) is 0 Å². The maximum atomic E-state index is 5.33. The maximum absolute atomic E-state index is 5.33. The molecule has 2 aromatic heterocycles. The summed E-state index contributed by atoms with van der Waals surface area (Å²) in [5.41, 5.74) is 1.28. The summed E-state index contributed by atoms with van der Waals surface area (Å²) in [6.07, 6.45) is 6.11. The smallest absolute Gasteiger partial charge is 0.138 e. The number of rotatable bonds is 3. The molecule has 3 rings (SSSR count). The second-order valence-corrected chi connectivity index (χ2v) is 5.38. The second kappa shape index (κ2) is 4.78. The third-order valence-electron chi connectivity index (χ3n) is 3.80. The van der Waals surface area contributed by atoms with Crippen LogP contribution in [0, 0.1) is 0 Å². The molecule has 19 heavy (non-hydrogen) atoms.